The van der Waals surface area contributed by atoms with E-state index in [1.807, 2.05) is 0 Å². The van der Waals surface area contributed by atoms with E-state index in [1.54, 1.807) is 18.2 Å². The molecular formula is C10H11N3O2. The summed E-state index contributed by atoms with van der Waals surface area (Å²) in [5, 5.41) is 3.63. The predicted molar refractivity (Wildman–Crippen MR) is 55.5 cm³/mol. The third-order valence-electron chi connectivity index (χ3n) is 1.73. The monoisotopic (exact) mass is 205 g/mol. The molecule has 0 atom stereocenters. The van der Waals surface area contributed by atoms with Crippen LogP contribution >= 0.6 is 0 Å². The number of carbonyl (C=O) groups excluding carboxylic acids is 2. The molecule has 0 fully saturated rings. The van der Waals surface area contributed by atoms with Crippen LogP contribution in [0.15, 0.2) is 29.5 Å². The summed E-state index contributed by atoms with van der Waals surface area (Å²) in [5.41, 5.74) is 2.76. The number of carbonyl (C=O) groups is 2. The summed E-state index contributed by atoms with van der Waals surface area (Å²) in [6.45, 7) is 2.91. The number of rotatable bonds is 3. The number of hydrogen-bond donors (Lipinski definition) is 1. The predicted octanol–water partition coefficient (Wildman–Crippen LogP) is 0.776. The Kier molecular flexibility index (Phi) is 3.68. The lowest BCUT2D eigenvalue weighted by atomic mass is 10.3. The number of pyridine rings is 1. The molecule has 1 heterocycles. The lowest BCUT2D eigenvalue weighted by molar-refractivity contribution is -0.111. The number of amides is 1. The highest BCUT2D eigenvalue weighted by Crippen LogP contribution is 1.92. The third kappa shape index (κ3) is 3.30. The Hall–Kier alpha value is -2.04. The quantitative estimate of drug-likeness (QED) is 0.585. The number of nitrogens with zero attached hydrogens (tertiary/aromatic N) is 2. The van der Waals surface area contributed by atoms with Crippen molar-refractivity contribution in [3.8, 4) is 0 Å². The highest BCUT2D eigenvalue weighted by Gasteiger charge is 2.05. The van der Waals surface area contributed by atoms with Crippen LogP contribution in [0.25, 0.3) is 0 Å². The Morgan fingerprint density at radius 2 is 2.07 bits per heavy atom. The largest absolute Gasteiger partial charge is 0.293 e. The molecule has 5 heteroatoms. The number of hydrazone groups is 1. The van der Waals surface area contributed by atoms with Crippen molar-refractivity contribution in [3.05, 3.63) is 30.1 Å². The highest BCUT2D eigenvalue weighted by molar-refractivity contribution is 6.38. The van der Waals surface area contributed by atoms with Gasteiger partial charge in [-0.15, -0.1) is 0 Å². The smallest absolute Gasteiger partial charge is 0.289 e. The van der Waals surface area contributed by atoms with Gasteiger partial charge in [-0.3, -0.25) is 14.6 Å². The Morgan fingerprint density at radius 1 is 1.33 bits per heavy atom. The van der Waals surface area contributed by atoms with Crippen molar-refractivity contribution in [2.45, 2.75) is 13.8 Å². The first kappa shape index (κ1) is 11.0. The SMILES string of the molecule is CC(=O)/C(C)=N\NC(=O)c1ccccn1. The molecule has 0 saturated heterocycles. The van der Waals surface area contributed by atoms with E-state index in [-0.39, 0.29) is 17.2 Å². The van der Waals surface area contributed by atoms with E-state index >= 15 is 0 Å². The molecule has 1 N–H and O–H groups in total. The summed E-state index contributed by atoms with van der Waals surface area (Å²) < 4.78 is 0. The van der Waals surface area contributed by atoms with Gasteiger partial charge in [-0.05, 0) is 19.1 Å². The van der Waals surface area contributed by atoms with Crippen molar-refractivity contribution in [1.29, 1.82) is 0 Å². The first-order chi connectivity index (χ1) is 7.11. The van der Waals surface area contributed by atoms with E-state index < -0.39 is 5.91 Å². The molecule has 0 bridgehead atoms. The molecule has 0 unspecified atom stereocenters. The Bertz CT molecular complexity index is 398. The lowest BCUT2D eigenvalue weighted by Crippen LogP contribution is -2.21. The van der Waals surface area contributed by atoms with Crippen molar-refractivity contribution in [2.75, 3.05) is 0 Å². The van der Waals surface area contributed by atoms with Crippen LogP contribution < -0.4 is 5.43 Å². The maximum atomic E-state index is 11.4. The van der Waals surface area contributed by atoms with Crippen molar-refractivity contribution in [2.24, 2.45) is 5.10 Å². The van der Waals surface area contributed by atoms with Crippen LogP contribution in [-0.2, 0) is 4.79 Å². The number of Topliss-reactive ketones (excluding diaryl/α,β-unsaturated/α-hetero) is 1. The summed E-state index contributed by atoms with van der Waals surface area (Å²) in [6.07, 6.45) is 1.51. The summed E-state index contributed by atoms with van der Waals surface area (Å²) in [6, 6.07) is 4.97. The van der Waals surface area contributed by atoms with E-state index in [0.717, 1.165) is 0 Å². The van der Waals surface area contributed by atoms with E-state index in [0.29, 0.717) is 0 Å². The van der Waals surface area contributed by atoms with E-state index in [9.17, 15) is 9.59 Å². The summed E-state index contributed by atoms with van der Waals surface area (Å²) in [5.74, 6) is -0.618. The van der Waals surface area contributed by atoms with Gasteiger partial charge in [-0.25, -0.2) is 5.43 Å². The molecule has 1 rings (SSSR count). The van der Waals surface area contributed by atoms with Gasteiger partial charge in [0, 0.05) is 13.1 Å². The molecular weight excluding hydrogens is 194 g/mol. The second-order valence-corrected chi connectivity index (χ2v) is 2.91. The van der Waals surface area contributed by atoms with Crippen molar-refractivity contribution < 1.29 is 9.59 Å². The van der Waals surface area contributed by atoms with Crippen LogP contribution in [0, 0.1) is 0 Å². The highest BCUT2D eigenvalue weighted by atomic mass is 16.2. The van der Waals surface area contributed by atoms with Gasteiger partial charge < -0.3 is 0 Å². The molecule has 78 valence electrons. The van der Waals surface area contributed by atoms with Crippen LogP contribution in [0.1, 0.15) is 24.3 Å². The Morgan fingerprint density at radius 3 is 2.60 bits per heavy atom. The molecule has 0 saturated carbocycles. The average Bonchev–Trinajstić information content (AvgIpc) is 2.26. The van der Waals surface area contributed by atoms with Crippen molar-refractivity contribution >= 4 is 17.4 Å². The standard InChI is InChI=1S/C10H11N3O2/c1-7(8(2)14)12-13-10(15)9-5-3-4-6-11-9/h3-6H,1-2H3,(H,13,15)/b12-7-. The van der Waals surface area contributed by atoms with Crippen molar-refractivity contribution in [1.82, 2.24) is 10.4 Å². The van der Waals surface area contributed by atoms with Crippen molar-refractivity contribution in [3.63, 3.8) is 0 Å². The molecule has 5 nitrogen and oxygen atoms in total. The van der Waals surface area contributed by atoms with Crippen LogP contribution in [0.5, 0.6) is 0 Å². The maximum Gasteiger partial charge on any atom is 0.289 e. The minimum Gasteiger partial charge on any atom is -0.293 e. The van der Waals surface area contributed by atoms with Gasteiger partial charge in [-0.2, -0.15) is 5.10 Å². The normalized spacial score (nSPS) is 10.9. The topological polar surface area (TPSA) is 71.4 Å². The Balaban J connectivity index is 2.66. The second-order valence-electron chi connectivity index (χ2n) is 2.91. The molecule has 0 spiro atoms. The third-order valence-corrected chi connectivity index (χ3v) is 1.73. The van der Waals surface area contributed by atoms with E-state index in [2.05, 4.69) is 15.5 Å². The fraction of sp³-hybridized carbons (Fsp3) is 0.200. The molecule has 15 heavy (non-hydrogen) atoms. The molecule has 1 amide bonds. The first-order valence-electron chi connectivity index (χ1n) is 4.38. The zero-order valence-electron chi connectivity index (χ0n) is 8.52. The van der Waals surface area contributed by atoms with Gasteiger partial charge in [-0.1, -0.05) is 6.07 Å². The number of aromatic nitrogens is 1. The minimum absolute atomic E-state index is 0.184. The van der Waals surface area contributed by atoms with Gasteiger partial charge in [0.15, 0.2) is 5.78 Å². The lowest BCUT2D eigenvalue weighted by Gasteiger charge is -1.99. The summed E-state index contributed by atoms with van der Waals surface area (Å²) in [4.78, 5) is 26.0. The number of ketones is 1. The fourth-order valence-electron chi connectivity index (χ4n) is 0.768. The first-order valence-corrected chi connectivity index (χ1v) is 4.38. The van der Waals surface area contributed by atoms with Crippen LogP contribution in [0.4, 0.5) is 0 Å². The van der Waals surface area contributed by atoms with E-state index in [4.69, 9.17) is 0 Å². The average molecular weight is 205 g/mol. The molecule has 0 aliphatic rings. The van der Waals surface area contributed by atoms with Gasteiger partial charge in [0.05, 0.1) is 0 Å². The Labute approximate surface area is 87.2 Å². The summed E-state index contributed by atoms with van der Waals surface area (Å²) in [7, 11) is 0. The van der Waals surface area contributed by atoms with Crippen LogP contribution in [-0.4, -0.2) is 22.4 Å². The zero-order chi connectivity index (χ0) is 11.3. The molecule has 0 aromatic carbocycles. The second kappa shape index (κ2) is 4.99. The maximum absolute atomic E-state index is 11.4. The molecule has 0 radical (unpaired) electrons. The number of nitrogens with one attached hydrogen (secondary N) is 1. The molecule has 0 aliphatic heterocycles. The minimum atomic E-state index is -0.434. The van der Waals surface area contributed by atoms with Gasteiger partial charge in [0.1, 0.15) is 11.4 Å². The number of hydrogen-bond acceptors (Lipinski definition) is 4. The summed E-state index contributed by atoms with van der Waals surface area (Å²) >= 11 is 0. The van der Waals surface area contributed by atoms with Gasteiger partial charge in [0.2, 0.25) is 0 Å². The zero-order valence-corrected chi connectivity index (χ0v) is 8.52. The van der Waals surface area contributed by atoms with Gasteiger partial charge >= 0.3 is 0 Å². The molecule has 0 aliphatic carbocycles. The van der Waals surface area contributed by atoms with E-state index in [1.165, 1.54) is 20.0 Å². The fourth-order valence-corrected chi connectivity index (χ4v) is 0.768. The molecule has 1 aromatic rings. The molecule has 1 aromatic heterocycles. The van der Waals surface area contributed by atoms with Crippen LogP contribution in [0.2, 0.25) is 0 Å². The van der Waals surface area contributed by atoms with Crippen LogP contribution in [0.3, 0.4) is 0 Å². The van der Waals surface area contributed by atoms with Gasteiger partial charge in [0.25, 0.3) is 5.91 Å².